The number of hydrogen-bond acceptors (Lipinski definition) is 3. The van der Waals surface area contributed by atoms with Gasteiger partial charge in [0, 0.05) is 22.4 Å². The van der Waals surface area contributed by atoms with Crippen LogP contribution in [0.2, 0.25) is 0 Å². The van der Waals surface area contributed by atoms with Crippen molar-refractivity contribution in [1.29, 1.82) is 0 Å². The molecule has 0 aliphatic heterocycles. The monoisotopic (exact) mass is 333 g/mol. The van der Waals surface area contributed by atoms with Crippen LogP contribution in [0.5, 0.6) is 17.2 Å². The van der Waals surface area contributed by atoms with Crippen molar-refractivity contribution < 1.29 is 14.2 Å². The number of benzene rings is 3. The van der Waals surface area contributed by atoms with E-state index in [-0.39, 0.29) is 0 Å². The summed E-state index contributed by atoms with van der Waals surface area (Å²) in [4.78, 5) is 3.43. The summed E-state index contributed by atoms with van der Waals surface area (Å²) in [5.41, 5.74) is 3.24. The Morgan fingerprint density at radius 2 is 1.40 bits per heavy atom. The Labute approximate surface area is 145 Å². The molecule has 1 heterocycles. The molecule has 126 valence electrons. The molecule has 1 aromatic heterocycles. The second kappa shape index (κ2) is 6.40. The van der Waals surface area contributed by atoms with Gasteiger partial charge >= 0.3 is 0 Å². The van der Waals surface area contributed by atoms with E-state index in [1.807, 2.05) is 54.6 Å². The molecule has 0 radical (unpaired) electrons. The maximum atomic E-state index is 5.93. The molecule has 25 heavy (non-hydrogen) atoms. The van der Waals surface area contributed by atoms with E-state index in [1.165, 1.54) is 0 Å². The van der Waals surface area contributed by atoms with E-state index < -0.39 is 0 Å². The van der Waals surface area contributed by atoms with Crippen molar-refractivity contribution in [1.82, 2.24) is 4.98 Å². The van der Waals surface area contributed by atoms with E-state index in [2.05, 4.69) is 11.1 Å². The molecular weight excluding hydrogens is 314 g/mol. The van der Waals surface area contributed by atoms with Gasteiger partial charge < -0.3 is 19.2 Å². The molecule has 0 saturated carbocycles. The third-order valence-corrected chi connectivity index (χ3v) is 4.34. The molecule has 0 amide bonds. The smallest absolute Gasteiger partial charge is 0.121 e. The first-order chi connectivity index (χ1) is 12.3. The van der Waals surface area contributed by atoms with E-state index in [9.17, 15) is 0 Å². The number of hydrogen-bond donors (Lipinski definition) is 1. The Hall–Kier alpha value is -3.14. The van der Waals surface area contributed by atoms with E-state index in [1.54, 1.807) is 14.2 Å². The SMILES string of the molecule is COc1ccc(COc2ccc3c(c2)[nH]c2ccc(OC)cc23)cc1. The lowest BCUT2D eigenvalue weighted by atomic mass is 10.1. The lowest BCUT2D eigenvalue weighted by molar-refractivity contribution is 0.306. The number of methoxy groups -OCH3 is 2. The molecule has 0 saturated heterocycles. The molecule has 4 rings (SSSR count). The average molecular weight is 333 g/mol. The highest BCUT2D eigenvalue weighted by Gasteiger charge is 2.07. The van der Waals surface area contributed by atoms with Crippen LogP contribution in [0.1, 0.15) is 5.56 Å². The number of fused-ring (bicyclic) bond motifs is 3. The first kappa shape index (κ1) is 15.4. The van der Waals surface area contributed by atoms with Gasteiger partial charge in [-0.2, -0.15) is 0 Å². The first-order valence-electron chi connectivity index (χ1n) is 8.12. The Morgan fingerprint density at radius 3 is 2.16 bits per heavy atom. The highest BCUT2D eigenvalue weighted by atomic mass is 16.5. The fourth-order valence-corrected chi connectivity index (χ4v) is 2.97. The molecule has 0 fully saturated rings. The largest absolute Gasteiger partial charge is 0.497 e. The van der Waals surface area contributed by atoms with Gasteiger partial charge in [-0.1, -0.05) is 12.1 Å². The lowest BCUT2D eigenvalue weighted by Gasteiger charge is -2.07. The zero-order valence-corrected chi connectivity index (χ0v) is 14.2. The minimum Gasteiger partial charge on any atom is -0.497 e. The molecule has 0 aliphatic carbocycles. The molecule has 4 nitrogen and oxygen atoms in total. The van der Waals surface area contributed by atoms with Crippen molar-refractivity contribution in [3.05, 3.63) is 66.2 Å². The number of H-pyrrole nitrogens is 1. The van der Waals surface area contributed by atoms with E-state index >= 15 is 0 Å². The third-order valence-electron chi connectivity index (χ3n) is 4.34. The van der Waals surface area contributed by atoms with Crippen LogP contribution in [0.3, 0.4) is 0 Å². The van der Waals surface area contributed by atoms with Crippen LogP contribution >= 0.6 is 0 Å². The van der Waals surface area contributed by atoms with Gasteiger partial charge in [0.15, 0.2) is 0 Å². The van der Waals surface area contributed by atoms with Crippen LogP contribution in [-0.2, 0) is 6.61 Å². The lowest BCUT2D eigenvalue weighted by Crippen LogP contribution is -1.95. The van der Waals surface area contributed by atoms with Crippen molar-refractivity contribution >= 4 is 21.8 Å². The molecule has 0 atom stereocenters. The number of aromatic amines is 1. The Kier molecular flexibility index (Phi) is 3.94. The second-order valence-electron chi connectivity index (χ2n) is 5.88. The van der Waals surface area contributed by atoms with Crippen LogP contribution in [-0.4, -0.2) is 19.2 Å². The van der Waals surface area contributed by atoms with Gasteiger partial charge in [0.1, 0.15) is 23.9 Å². The summed E-state index contributed by atoms with van der Waals surface area (Å²) < 4.78 is 16.4. The number of nitrogens with one attached hydrogen (secondary N) is 1. The molecule has 0 bridgehead atoms. The Morgan fingerprint density at radius 1 is 0.680 bits per heavy atom. The number of aromatic nitrogens is 1. The predicted molar refractivity (Wildman–Crippen MR) is 99.7 cm³/mol. The highest BCUT2D eigenvalue weighted by molar-refractivity contribution is 6.08. The zero-order chi connectivity index (χ0) is 17.2. The van der Waals surface area contributed by atoms with Crippen LogP contribution in [0.4, 0.5) is 0 Å². The van der Waals surface area contributed by atoms with Crippen molar-refractivity contribution in [2.45, 2.75) is 6.61 Å². The van der Waals surface area contributed by atoms with Gasteiger partial charge in [0.2, 0.25) is 0 Å². The highest BCUT2D eigenvalue weighted by Crippen LogP contribution is 2.31. The van der Waals surface area contributed by atoms with Crippen molar-refractivity contribution in [3.63, 3.8) is 0 Å². The standard InChI is InChI=1S/C21H19NO3/c1-23-15-5-3-14(4-6-15)13-25-17-7-9-18-19-11-16(24-2)8-10-20(19)22-21(18)12-17/h3-12,22H,13H2,1-2H3. The van der Waals surface area contributed by atoms with E-state index in [4.69, 9.17) is 14.2 Å². The van der Waals surface area contributed by atoms with Gasteiger partial charge in [0.05, 0.1) is 19.7 Å². The van der Waals surface area contributed by atoms with Gasteiger partial charge in [-0.25, -0.2) is 0 Å². The van der Waals surface area contributed by atoms with Crippen LogP contribution in [0.15, 0.2) is 60.7 Å². The van der Waals surface area contributed by atoms with Crippen LogP contribution < -0.4 is 14.2 Å². The summed E-state index contributed by atoms with van der Waals surface area (Å²) in [5.74, 6) is 2.54. The Bertz CT molecular complexity index is 1020. The van der Waals surface area contributed by atoms with Gasteiger partial charge in [-0.05, 0) is 48.0 Å². The predicted octanol–water partition coefficient (Wildman–Crippen LogP) is 4.92. The molecular formula is C21H19NO3. The van der Waals surface area contributed by atoms with Crippen molar-refractivity contribution in [2.75, 3.05) is 14.2 Å². The van der Waals surface area contributed by atoms with Gasteiger partial charge in [-0.15, -0.1) is 0 Å². The summed E-state index contributed by atoms with van der Waals surface area (Å²) in [7, 11) is 3.35. The quantitative estimate of drug-likeness (QED) is 0.564. The minimum absolute atomic E-state index is 0.517. The molecule has 1 N–H and O–H groups in total. The second-order valence-corrected chi connectivity index (χ2v) is 5.88. The normalized spacial score (nSPS) is 11.0. The zero-order valence-electron chi connectivity index (χ0n) is 14.2. The summed E-state index contributed by atoms with van der Waals surface area (Å²) in [6.45, 7) is 0.517. The van der Waals surface area contributed by atoms with E-state index in [0.717, 1.165) is 44.6 Å². The van der Waals surface area contributed by atoms with Crippen molar-refractivity contribution in [2.24, 2.45) is 0 Å². The molecule has 0 spiro atoms. The molecule has 3 aromatic carbocycles. The average Bonchev–Trinajstić information content (AvgIpc) is 3.03. The molecule has 0 unspecified atom stereocenters. The maximum Gasteiger partial charge on any atom is 0.121 e. The van der Waals surface area contributed by atoms with Crippen molar-refractivity contribution in [3.8, 4) is 17.2 Å². The molecule has 0 aliphatic rings. The van der Waals surface area contributed by atoms with Gasteiger partial charge in [-0.3, -0.25) is 0 Å². The van der Waals surface area contributed by atoms with Crippen LogP contribution in [0.25, 0.3) is 21.8 Å². The fourth-order valence-electron chi connectivity index (χ4n) is 2.97. The number of ether oxygens (including phenoxy) is 3. The maximum absolute atomic E-state index is 5.93. The molecule has 4 heteroatoms. The topological polar surface area (TPSA) is 43.5 Å². The fraction of sp³-hybridized carbons (Fsp3) is 0.143. The Balaban J connectivity index is 1.59. The molecule has 4 aromatic rings. The van der Waals surface area contributed by atoms with Gasteiger partial charge in [0.25, 0.3) is 0 Å². The minimum atomic E-state index is 0.517. The van der Waals surface area contributed by atoms with Crippen LogP contribution in [0, 0.1) is 0 Å². The summed E-state index contributed by atoms with van der Waals surface area (Å²) >= 11 is 0. The third kappa shape index (κ3) is 2.98. The summed E-state index contributed by atoms with van der Waals surface area (Å²) in [6, 6.07) is 20.0. The first-order valence-corrected chi connectivity index (χ1v) is 8.12. The number of rotatable bonds is 5. The summed E-state index contributed by atoms with van der Waals surface area (Å²) in [6.07, 6.45) is 0. The van der Waals surface area contributed by atoms with E-state index in [0.29, 0.717) is 6.61 Å². The summed E-state index contributed by atoms with van der Waals surface area (Å²) in [5, 5.41) is 2.31.